The Morgan fingerprint density at radius 1 is 1.16 bits per heavy atom. The molecule has 32 heavy (non-hydrogen) atoms. The maximum atomic E-state index is 10.1. The SMILES string of the molecule is CCC(CC)C(C)C(C)Cc1ccc(-c2c(C#N)c3cc(Cl)cnc3n2C2CCC2)cc1. The van der Waals surface area contributed by atoms with Gasteiger partial charge in [0.25, 0.3) is 0 Å². The Labute approximate surface area is 197 Å². The lowest BCUT2D eigenvalue weighted by Crippen LogP contribution is -2.20. The van der Waals surface area contributed by atoms with E-state index in [9.17, 15) is 5.26 Å². The van der Waals surface area contributed by atoms with E-state index in [1.54, 1.807) is 6.20 Å². The number of nitriles is 1. The van der Waals surface area contributed by atoms with Crippen LogP contribution in [0.1, 0.15) is 77.0 Å². The lowest BCUT2D eigenvalue weighted by atomic mass is 9.78. The van der Waals surface area contributed by atoms with Crippen molar-refractivity contribution in [2.45, 2.75) is 72.3 Å². The van der Waals surface area contributed by atoms with Crippen LogP contribution in [-0.2, 0) is 6.42 Å². The molecule has 0 N–H and O–H groups in total. The molecule has 0 saturated heterocycles. The van der Waals surface area contributed by atoms with Gasteiger partial charge in [0.05, 0.1) is 16.3 Å². The van der Waals surface area contributed by atoms with Crippen LogP contribution >= 0.6 is 11.6 Å². The van der Waals surface area contributed by atoms with Gasteiger partial charge in [-0.2, -0.15) is 5.26 Å². The largest absolute Gasteiger partial charge is 0.321 e. The third kappa shape index (κ3) is 4.18. The first kappa shape index (κ1) is 22.9. The van der Waals surface area contributed by atoms with Crippen molar-refractivity contribution in [3.8, 4) is 17.3 Å². The van der Waals surface area contributed by atoms with Crippen molar-refractivity contribution in [3.05, 3.63) is 52.7 Å². The van der Waals surface area contributed by atoms with Gasteiger partial charge in [-0.1, -0.05) is 76.4 Å². The van der Waals surface area contributed by atoms with Gasteiger partial charge in [0, 0.05) is 17.6 Å². The van der Waals surface area contributed by atoms with E-state index in [2.05, 4.69) is 67.6 Å². The van der Waals surface area contributed by atoms with Gasteiger partial charge in [0.1, 0.15) is 11.7 Å². The summed E-state index contributed by atoms with van der Waals surface area (Å²) in [7, 11) is 0. The molecule has 1 aromatic carbocycles. The molecular formula is C28H34ClN3. The van der Waals surface area contributed by atoms with Crippen LogP contribution in [0.2, 0.25) is 5.02 Å². The van der Waals surface area contributed by atoms with Gasteiger partial charge in [-0.3, -0.25) is 0 Å². The minimum Gasteiger partial charge on any atom is -0.321 e. The lowest BCUT2D eigenvalue weighted by Gasteiger charge is -2.30. The van der Waals surface area contributed by atoms with Crippen molar-refractivity contribution in [2.24, 2.45) is 17.8 Å². The van der Waals surface area contributed by atoms with Crippen LogP contribution < -0.4 is 0 Å². The van der Waals surface area contributed by atoms with Crippen LogP contribution in [0.4, 0.5) is 0 Å². The minimum absolute atomic E-state index is 0.406. The second kappa shape index (κ2) is 9.67. The number of hydrogen-bond donors (Lipinski definition) is 0. The molecule has 0 spiro atoms. The monoisotopic (exact) mass is 447 g/mol. The highest BCUT2D eigenvalue weighted by molar-refractivity contribution is 6.31. The Balaban J connectivity index is 1.69. The van der Waals surface area contributed by atoms with Gasteiger partial charge in [0.2, 0.25) is 0 Å². The molecule has 0 radical (unpaired) electrons. The smallest absolute Gasteiger partial charge is 0.142 e. The molecule has 1 saturated carbocycles. The molecule has 2 unspecified atom stereocenters. The topological polar surface area (TPSA) is 41.6 Å². The molecule has 0 amide bonds. The number of hydrogen-bond acceptors (Lipinski definition) is 2. The van der Waals surface area contributed by atoms with Gasteiger partial charge in [-0.15, -0.1) is 0 Å². The lowest BCUT2D eigenvalue weighted by molar-refractivity contribution is 0.247. The van der Waals surface area contributed by atoms with Gasteiger partial charge < -0.3 is 4.57 Å². The zero-order chi connectivity index (χ0) is 22.8. The predicted octanol–water partition coefficient (Wildman–Crippen LogP) is 8.20. The van der Waals surface area contributed by atoms with Crippen molar-refractivity contribution < 1.29 is 0 Å². The predicted molar refractivity (Wildman–Crippen MR) is 134 cm³/mol. The molecule has 1 aliphatic carbocycles. The van der Waals surface area contributed by atoms with Crippen molar-refractivity contribution in [2.75, 3.05) is 0 Å². The number of nitrogens with zero attached hydrogens (tertiary/aromatic N) is 3. The molecule has 2 heterocycles. The minimum atomic E-state index is 0.406. The molecule has 3 nitrogen and oxygen atoms in total. The van der Waals surface area contributed by atoms with E-state index in [1.807, 2.05) is 6.07 Å². The van der Waals surface area contributed by atoms with E-state index < -0.39 is 0 Å². The Kier molecular flexibility index (Phi) is 6.91. The summed E-state index contributed by atoms with van der Waals surface area (Å²) in [5.41, 5.74) is 5.01. The van der Waals surface area contributed by atoms with E-state index in [-0.39, 0.29) is 0 Å². The molecule has 4 rings (SSSR count). The van der Waals surface area contributed by atoms with Crippen LogP contribution in [0.25, 0.3) is 22.3 Å². The summed E-state index contributed by atoms with van der Waals surface area (Å²) in [4.78, 5) is 4.63. The average Bonchev–Trinajstić information content (AvgIpc) is 3.06. The number of halogens is 1. The van der Waals surface area contributed by atoms with Gasteiger partial charge in [-0.25, -0.2) is 4.98 Å². The molecule has 0 bridgehead atoms. The Bertz CT molecular complexity index is 1110. The quantitative estimate of drug-likeness (QED) is 0.349. The van der Waals surface area contributed by atoms with E-state index in [4.69, 9.17) is 11.6 Å². The fourth-order valence-electron chi connectivity index (χ4n) is 5.41. The Hall–Kier alpha value is -2.31. The zero-order valence-electron chi connectivity index (χ0n) is 19.7. The number of aromatic nitrogens is 2. The van der Waals surface area contributed by atoms with Crippen molar-refractivity contribution in [3.63, 3.8) is 0 Å². The van der Waals surface area contributed by atoms with Crippen LogP contribution in [0.5, 0.6) is 0 Å². The molecular weight excluding hydrogens is 414 g/mol. The summed E-state index contributed by atoms with van der Waals surface area (Å²) in [6.07, 6.45) is 8.78. The first-order valence-corrected chi connectivity index (χ1v) is 12.5. The molecule has 4 heteroatoms. The maximum Gasteiger partial charge on any atom is 0.142 e. The molecule has 0 aliphatic heterocycles. The Morgan fingerprint density at radius 2 is 1.84 bits per heavy atom. The normalized spacial score (nSPS) is 16.2. The van der Waals surface area contributed by atoms with Crippen LogP contribution in [0.3, 0.4) is 0 Å². The second-order valence-corrected chi connectivity index (χ2v) is 10.1. The van der Waals surface area contributed by atoms with Gasteiger partial charge in [0.15, 0.2) is 0 Å². The summed E-state index contributed by atoms with van der Waals surface area (Å²) in [5, 5.41) is 11.5. The standard InChI is InChI=1S/C28H34ClN3/c1-5-21(6-2)19(4)18(3)14-20-10-12-22(13-11-20)27-26(16-30)25-15-23(29)17-31-28(25)32(27)24-8-7-9-24/h10-13,15,17-19,21,24H,5-9,14H2,1-4H3. The van der Waals surface area contributed by atoms with Crippen LogP contribution in [-0.4, -0.2) is 9.55 Å². The van der Waals surface area contributed by atoms with Crippen molar-refractivity contribution >= 4 is 22.6 Å². The second-order valence-electron chi connectivity index (χ2n) is 9.63. The number of fused-ring (bicyclic) bond motifs is 1. The third-order valence-electron chi connectivity index (χ3n) is 7.84. The van der Waals surface area contributed by atoms with Crippen LogP contribution in [0, 0.1) is 29.1 Å². The molecule has 3 aromatic rings. The van der Waals surface area contributed by atoms with Gasteiger partial charge in [-0.05, 0) is 60.6 Å². The number of rotatable bonds is 8. The third-order valence-corrected chi connectivity index (χ3v) is 8.04. The molecule has 168 valence electrons. The highest BCUT2D eigenvalue weighted by Crippen LogP contribution is 2.42. The van der Waals surface area contributed by atoms with Crippen molar-refractivity contribution in [1.29, 1.82) is 5.26 Å². The van der Waals surface area contributed by atoms with E-state index in [0.29, 0.717) is 28.5 Å². The fraction of sp³-hybridized carbons (Fsp3) is 0.500. The average molecular weight is 448 g/mol. The highest BCUT2D eigenvalue weighted by Gasteiger charge is 2.28. The first-order valence-electron chi connectivity index (χ1n) is 12.2. The van der Waals surface area contributed by atoms with Crippen molar-refractivity contribution in [1.82, 2.24) is 9.55 Å². The fourth-order valence-corrected chi connectivity index (χ4v) is 5.57. The zero-order valence-corrected chi connectivity index (χ0v) is 20.5. The summed E-state index contributed by atoms with van der Waals surface area (Å²) in [6, 6.07) is 13.6. The molecule has 2 aromatic heterocycles. The number of pyridine rings is 1. The Morgan fingerprint density at radius 3 is 2.41 bits per heavy atom. The van der Waals surface area contributed by atoms with E-state index in [1.165, 1.54) is 24.8 Å². The summed E-state index contributed by atoms with van der Waals surface area (Å²) in [6.45, 7) is 9.41. The molecule has 1 aliphatic rings. The van der Waals surface area contributed by atoms with E-state index >= 15 is 0 Å². The van der Waals surface area contributed by atoms with Crippen LogP contribution in [0.15, 0.2) is 36.5 Å². The highest BCUT2D eigenvalue weighted by atomic mass is 35.5. The number of benzene rings is 1. The molecule has 1 fully saturated rings. The summed E-state index contributed by atoms with van der Waals surface area (Å²) >= 11 is 6.24. The van der Waals surface area contributed by atoms with E-state index in [0.717, 1.165) is 47.5 Å². The first-order chi connectivity index (χ1) is 15.5. The summed E-state index contributed by atoms with van der Waals surface area (Å²) < 4.78 is 2.29. The molecule has 2 atom stereocenters. The van der Waals surface area contributed by atoms with Gasteiger partial charge >= 0.3 is 0 Å². The summed E-state index contributed by atoms with van der Waals surface area (Å²) in [5.74, 6) is 2.15. The maximum absolute atomic E-state index is 10.1.